The molecule has 0 amide bonds. The zero-order chi connectivity index (χ0) is 15.1. The number of aromatic nitrogens is 4. The number of anilines is 1. The van der Waals surface area contributed by atoms with Crippen LogP contribution < -0.4 is 5.32 Å². The maximum absolute atomic E-state index is 5.12. The van der Waals surface area contributed by atoms with Crippen molar-refractivity contribution in [3.05, 3.63) is 29.8 Å². The first-order valence-electron chi connectivity index (χ1n) is 6.79. The number of nitrogens with one attached hydrogen (secondary N) is 1. The largest absolute Gasteiger partial charge is 0.377 e. The number of ether oxygens (including phenoxy) is 1. The number of aryl methyl sites for hydroxylation is 1. The average molecular weight is 305 g/mol. The number of hydrogen-bond donors (Lipinski definition) is 1. The quantitative estimate of drug-likeness (QED) is 0.622. The van der Waals surface area contributed by atoms with Gasteiger partial charge in [-0.3, -0.25) is 0 Å². The standard InChI is InChI=1S/C14H19N5OS/c1-4-6-15-11-8-13(19-12(18-11)9-20-3)21-14-16-7-5-10(2)17-14/h5,7-8H,4,6,9H2,1-3H3,(H,15,18,19). The van der Waals surface area contributed by atoms with Crippen LogP contribution in [-0.4, -0.2) is 33.6 Å². The molecular weight excluding hydrogens is 286 g/mol. The lowest BCUT2D eigenvalue weighted by Gasteiger charge is -2.08. The van der Waals surface area contributed by atoms with Crippen LogP contribution in [0.15, 0.2) is 28.5 Å². The lowest BCUT2D eigenvalue weighted by atomic mass is 10.4. The molecule has 1 N–H and O–H groups in total. The lowest BCUT2D eigenvalue weighted by molar-refractivity contribution is 0.177. The highest BCUT2D eigenvalue weighted by Crippen LogP contribution is 2.24. The van der Waals surface area contributed by atoms with Gasteiger partial charge in [0.15, 0.2) is 11.0 Å². The average Bonchev–Trinajstić information content (AvgIpc) is 2.45. The molecule has 7 heteroatoms. The molecule has 0 aliphatic carbocycles. The normalized spacial score (nSPS) is 10.6. The molecular formula is C14H19N5OS. The molecule has 0 radical (unpaired) electrons. The van der Waals surface area contributed by atoms with Crippen LogP contribution in [0.5, 0.6) is 0 Å². The Labute approximate surface area is 128 Å². The molecule has 0 unspecified atom stereocenters. The van der Waals surface area contributed by atoms with Crippen LogP contribution in [-0.2, 0) is 11.3 Å². The maximum atomic E-state index is 5.12. The van der Waals surface area contributed by atoms with Crippen molar-refractivity contribution in [2.45, 2.75) is 37.1 Å². The van der Waals surface area contributed by atoms with Crippen LogP contribution in [0.4, 0.5) is 5.82 Å². The molecule has 2 heterocycles. The highest BCUT2D eigenvalue weighted by atomic mass is 32.2. The van der Waals surface area contributed by atoms with Crippen LogP contribution in [0.2, 0.25) is 0 Å². The van der Waals surface area contributed by atoms with Crippen molar-refractivity contribution in [1.82, 2.24) is 19.9 Å². The molecule has 0 aliphatic rings. The SMILES string of the molecule is CCCNc1cc(Sc2nccc(C)n2)nc(COC)n1. The molecule has 0 saturated carbocycles. The summed E-state index contributed by atoms with van der Waals surface area (Å²) in [5.41, 5.74) is 0.933. The fourth-order valence-corrected chi connectivity index (χ4v) is 2.44. The first kappa shape index (κ1) is 15.7. The topological polar surface area (TPSA) is 72.8 Å². The van der Waals surface area contributed by atoms with E-state index in [9.17, 15) is 0 Å². The Bertz CT molecular complexity index is 593. The minimum Gasteiger partial charge on any atom is -0.377 e. The number of hydrogen-bond acceptors (Lipinski definition) is 7. The Kier molecular flexibility index (Phi) is 5.89. The van der Waals surface area contributed by atoms with Gasteiger partial charge in [-0.1, -0.05) is 6.92 Å². The van der Waals surface area contributed by atoms with Gasteiger partial charge in [-0.2, -0.15) is 0 Å². The van der Waals surface area contributed by atoms with Gasteiger partial charge in [0, 0.05) is 31.6 Å². The third-order valence-electron chi connectivity index (χ3n) is 2.55. The van der Waals surface area contributed by atoms with E-state index in [0.29, 0.717) is 17.6 Å². The third-order valence-corrected chi connectivity index (χ3v) is 3.34. The van der Waals surface area contributed by atoms with E-state index in [4.69, 9.17) is 4.74 Å². The van der Waals surface area contributed by atoms with Crippen LogP contribution in [0.3, 0.4) is 0 Å². The Hall–Kier alpha value is -1.73. The van der Waals surface area contributed by atoms with E-state index in [-0.39, 0.29) is 0 Å². The Morgan fingerprint density at radius 2 is 2.14 bits per heavy atom. The second kappa shape index (κ2) is 7.90. The Morgan fingerprint density at radius 3 is 2.86 bits per heavy atom. The first-order valence-corrected chi connectivity index (χ1v) is 7.61. The van der Waals surface area contributed by atoms with Gasteiger partial charge in [0.05, 0.1) is 0 Å². The fourth-order valence-electron chi connectivity index (χ4n) is 1.63. The van der Waals surface area contributed by atoms with Crippen LogP contribution in [0.25, 0.3) is 0 Å². The molecule has 0 aromatic carbocycles. The fraction of sp³-hybridized carbons (Fsp3) is 0.429. The molecule has 2 aromatic heterocycles. The highest BCUT2D eigenvalue weighted by molar-refractivity contribution is 7.99. The number of methoxy groups -OCH3 is 1. The Balaban J connectivity index is 2.22. The molecule has 0 saturated heterocycles. The summed E-state index contributed by atoms with van der Waals surface area (Å²) < 4.78 is 5.12. The summed E-state index contributed by atoms with van der Waals surface area (Å²) in [6.07, 6.45) is 2.78. The molecule has 0 spiro atoms. The minimum absolute atomic E-state index is 0.379. The van der Waals surface area contributed by atoms with Gasteiger partial charge in [0.1, 0.15) is 17.5 Å². The van der Waals surface area contributed by atoms with Crippen molar-refractivity contribution >= 4 is 17.6 Å². The van der Waals surface area contributed by atoms with Gasteiger partial charge in [-0.25, -0.2) is 19.9 Å². The summed E-state index contributed by atoms with van der Waals surface area (Å²) in [4.78, 5) is 17.5. The van der Waals surface area contributed by atoms with E-state index < -0.39 is 0 Å². The molecule has 21 heavy (non-hydrogen) atoms. The summed E-state index contributed by atoms with van der Waals surface area (Å²) in [5, 5.41) is 4.76. The van der Waals surface area contributed by atoms with E-state index in [1.165, 1.54) is 11.8 Å². The van der Waals surface area contributed by atoms with E-state index >= 15 is 0 Å². The number of rotatable bonds is 7. The first-order chi connectivity index (χ1) is 10.2. The summed E-state index contributed by atoms with van der Waals surface area (Å²) in [5.74, 6) is 1.45. The van der Waals surface area contributed by atoms with E-state index in [1.54, 1.807) is 13.3 Å². The van der Waals surface area contributed by atoms with Gasteiger partial charge < -0.3 is 10.1 Å². The molecule has 6 nitrogen and oxygen atoms in total. The van der Waals surface area contributed by atoms with Crippen LogP contribution >= 0.6 is 11.8 Å². The van der Waals surface area contributed by atoms with Crippen molar-refractivity contribution < 1.29 is 4.74 Å². The molecule has 0 aliphatic heterocycles. The molecule has 112 valence electrons. The second-order valence-electron chi connectivity index (χ2n) is 4.45. The van der Waals surface area contributed by atoms with Crippen LogP contribution in [0.1, 0.15) is 24.9 Å². The van der Waals surface area contributed by atoms with Crippen molar-refractivity contribution in [1.29, 1.82) is 0 Å². The van der Waals surface area contributed by atoms with Crippen LogP contribution in [0, 0.1) is 6.92 Å². The molecule has 0 atom stereocenters. The van der Waals surface area contributed by atoms with Crippen molar-refractivity contribution in [3.8, 4) is 0 Å². The van der Waals surface area contributed by atoms with E-state index in [2.05, 4.69) is 32.2 Å². The van der Waals surface area contributed by atoms with Gasteiger partial charge in [0.2, 0.25) is 0 Å². The summed E-state index contributed by atoms with van der Waals surface area (Å²) in [7, 11) is 1.63. The van der Waals surface area contributed by atoms with Crippen molar-refractivity contribution in [2.24, 2.45) is 0 Å². The van der Waals surface area contributed by atoms with Gasteiger partial charge in [-0.05, 0) is 31.2 Å². The van der Waals surface area contributed by atoms with E-state index in [0.717, 1.165) is 29.5 Å². The number of nitrogens with zero attached hydrogens (tertiary/aromatic N) is 4. The van der Waals surface area contributed by atoms with Gasteiger partial charge in [-0.15, -0.1) is 0 Å². The molecule has 0 bridgehead atoms. The minimum atomic E-state index is 0.379. The third kappa shape index (κ3) is 4.95. The Morgan fingerprint density at radius 1 is 1.29 bits per heavy atom. The smallest absolute Gasteiger partial charge is 0.194 e. The van der Waals surface area contributed by atoms with Crippen molar-refractivity contribution in [3.63, 3.8) is 0 Å². The molecule has 0 fully saturated rings. The van der Waals surface area contributed by atoms with Gasteiger partial charge >= 0.3 is 0 Å². The van der Waals surface area contributed by atoms with Crippen molar-refractivity contribution in [2.75, 3.05) is 19.0 Å². The zero-order valence-corrected chi connectivity index (χ0v) is 13.3. The molecule has 2 aromatic rings. The summed E-state index contributed by atoms with van der Waals surface area (Å²) in [6, 6.07) is 3.78. The predicted octanol–water partition coefficient (Wildman–Crippen LogP) is 2.69. The van der Waals surface area contributed by atoms with Gasteiger partial charge in [0.25, 0.3) is 0 Å². The predicted molar refractivity (Wildman–Crippen MR) is 82.4 cm³/mol. The summed E-state index contributed by atoms with van der Waals surface area (Å²) in [6.45, 7) is 5.30. The monoisotopic (exact) mass is 305 g/mol. The molecule has 2 rings (SSSR count). The maximum Gasteiger partial charge on any atom is 0.194 e. The van der Waals surface area contributed by atoms with E-state index in [1.807, 2.05) is 19.1 Å². The lowest BCUT2D eigenvalue weighted by Crippen LogP contribution is -2.06. The zero-order valence-electron chi connectivity index (χ0n) is 12.5. The highest BCUT2D eigenvalue weighted by Gasteiger charge is 2.08. The second-order valence-corrected chi connectivity index (χ2v) is 5.44. The summed E-state index contributed by atoms with van der Waals surface area (Å²) >= 11 is 1.42.